The van der Waals surface area contributed by atoms with Crippen LogP contribution in [0.15, 0.2) is 24.3 Å². The highest BCUT2D eigenvalue weighted by Crippen LogP contribution is 2.39. The first kappa shape index (κ1) is 17.5. The number of benzene rings is 1. The van der Waals surface area contributed by atoms with Crippen LogP contribution in [0.5, 0.6) is 0 Å². The third kappa shape index (κ3) is 3.41. The summed E-state index contributed by atoms with van der Waals surface area (Å²) in [4.78, 5) is 25.9. The van der Waals surface area contributed by atoms with Crippen molar-refractivity contribution in [2.24, 2.45) is 0 Å². The van der Waals surface area contributed by atoms with Crippen LogP contribution in [0, 0.1) is 0 Å². The summed E-state index contributed by atoms with van der Waals surface area (Å²) in [7, 11) is 0. The number of anilines is 1. The highest BCUT2D eigenvalue weighted by atomic mass is 16.6. The quantitative estimate of drug-likeness (QED) is 0.841. The molecule has 0 saturated heterocycles. The fourth-order valence-electron chi connectivity index (χ4n) is 3.22. The topological polar surface area (TPSA) is 58.6 Å². The van der Waals surface area contributed by atoms with Gasteiger partial charge in [0.25, 0.3) is 0 Å². The smallest absolute Gasteiger partial charge is 0.410 e. The number of carbonyl (C=O) groups is 2. The molecule has 2 aliphatic heterocycles. The molecule has 2 heterocycles. The van der Waals surface area contributed by atoms with E-state index in [1.165, 1.54) is 5.57 Å². The minimum atomic E-state index is -0.484. The number of nitrogens with one attached hydrogen (secondary N) is 1. The first-order valence-corrected chi connectivity index (χ1v) is 8.71. The molecule has 0 saturated carbocycles. The zero-order chi connectivity index (χ0) is 18.4. The van der Waals surface area contributed by atoms with Crippen LogP contribution < -0.4 is 5.32 Å². The predicted octanol–water partition coefficient (Wildman–Crippen LogP) is 3.94. The van der Waals surface area contributed by atoms with Gasteiger partial charge in [-0.3, -0.25) is 4.79 Å². The minimum Gasteiger partial charge on any atom is -0.444 e. The van der Waals surface area contributed by atoms with E-state index in [-0.39, 0.29) is 12.0 Å². The Bertz CT molecular complexity index is 757. The second kappa shape index (κ2) is 5.90. The van der Waals surface area contributed by atoms with Crippen LogP contribution in [0.3, 0.4) is 0 Å². The van der Waals surface area contributed by atoms with E-state index >= 15 is 0 Å². The van der Waals surface area contributed by atoms with Gasteiger partial charge in [-0.15, -0.1) is 0 Å². The maximum Gasteiger partial charge on any atom is 0.410 e. The Balaban J connectivity index is 1.74. The number of hydrogen-bond acceptors (Lipinski definition) is 3. The number of carbonyl (C=O) groups excluding carboxylic acids is 2. The van der Waals surface area contributed by atoms with E-state index in [2.05, 4.69) is 17.5 Å². The number of nitrogens with zero attached hydrogens (tertiary/aromatic N) is 1. The minimum absolute atomic E-state index is 0.0355. The van der Waals surface area contributed by atoms with E-state index in [1.807, 2.05) is 46.8 Å². The van der Waals surface area contributed by atoms with Crippen molar-refractivity contribution in [1.82, 2.24) is 4.90 Å². The molecular weight excluding hydrogens is 316 g/mol. The number of ether oxygens (including phenoxy) is 1. The van der Waals surface area contributed by atoms with Crippen LogP contribution in [0.1, 0.15) is 52.2 Å². The molecule has 0 fully saturated rings. The summed E-state index contributed by atoms with van der Waals surface area (Å²) in [5.74, 6) is 0.0355. The summed E-state index contributed by atoms with van der Waals surface area (Å²) in [5.41, 5.74) is 3.26. The van der Waals surface area contributed by atoms with E-state index in [1.54, 1.807) is 4.90 Å². The molecule has 0 radical (unpaired) electrons. The molecule has 0 aromatic heterocycles. The summed E-state index contributed by atoms with van der Waals surface area (Å²) in [6, 6.07) is 6.14. The monoisotopic (exact) mass is 342 g/mol. The molecule has 2 amide bonds. The van der Waals surface area contributed by atoms with Crippen LogP contribution in [0.2, 0.25) is 0 Å². The summed E-state index contributed by atoms with van der Waals surface area (Å²) >= 11 is 0. The number of amides is 2. The fraction of sp³-hybridized carbons (Fsp3) is 0.500. The lowest BCUT2D eigenvalue weighted by atomic mass is 9.85. The van der Waals surface area contributed by atoms with Gasteiger partial charge in [-0.2, -0.15) is 0 Å². The van der Waals surface area contributed by atoms with Gasteiger partial charge in [-0.05, 0) is 63.8 Å². The highest BCUT2D eigenvalue weighted by molar-refractivity contribution is 6.06. The van der Waals surface area contributed by atoms with Crippen LogP contribution in [-0.2, 0) is 14.9 Å². The van der Waals surface area contributed by atoms with E-state index in [0.717, 1.165) is 23.2 Å². The SMILES string of the molecule is CC(C)(C)OC(=O)N1CC=C(c2ccc3c(c2)NC(=O)C3(C)C)CC1. The zero-order valence-corrected chi connectivity index (χ0v) is 15.6. The zero-order valence-electron chi connectivity index (χ0n) is 15.6. The molecule has 2 aliphatic rings. The third-order valence-corrected chi connectivity index (χ3v) is 4.74. The van der Waals surface area contributed by atoms with Crippen molar-refractivity contribution in [1.29, 1.82) is 0 Å². The molecule has 1 aromatic carbocycles. The Morgan fingerprint density at radius 2 is 2.00 bits per heavy atom. The molecule has 3 rings (SSSR count). The Hall–Kier alpha value is -2.30. The molecule has 0 unspecified atom stereocenters. The summed E-state index contributed by atoms with van der Waals surface area (Å²) < 4.78 is 5.42. The maximum atomic E-state index is 12.1. The lowest BCUT2D eigenvalue weighted by Crippen LogP contribution is -2.39. The van der Waals surface area contributed by atoms with Crippen molar-refractivity contribution in [3.63, 3.8) is 0 Å². The molecular formula is C20H26N2O3. The van der Waals surface area contributed by atoms with E-state index in [0.29, 0.717) is 13.1 Å². The summed E-state index contributed by atoms with van der Waals surface area (Å²) in [6.07, 6.45) is 2.57. The largest absolute Gasteiger partial charge is 0.444 e. The number of rotatable bonds is 1. The molecule has 5 heteroatoms. The Kier molecular flexibility index (Phi) is 4.13. The van der Waals surface area contributed by atoms with E-state index < -0.39 is 11.0 Å². The molecule has 0 atom stereocenters. The van der Waals surface area contributed by atoms with Crippen LogP contribution in [0.4, 0.5) is 10.5 Å². The lowest BCUT2D eigenvalue weighted by molar-refractivity contribution is -0.119. The Labute approximate surface area is 149 Å². The molecule has 134 valence electrons. The lowest BCUT2D eigenvalue weighted by Gasteiger charge is -2.29. The second-order valence-electron chi connectivity index (χ2n) is 8.25. The maximum absolute atomic E-state index is 12.1. The van der Waals surface area contributed by atoms with Gasteiger partial charge < -0.3 is 15.0 Å². The Morgan fingerprint density at radius 3 is 2.60 bits per heavy atom. The van der Waals surface area contributed by atoms with Gasteiger partial charge in [-0.25, -0.2) is 4.79 Å². The number of hydrogen-bond donors (Lipinski definition) is 1. The van der Waals surface area contributed by atoms with E-state index in [4.69, 9.17) is 4.74 Å². The molecule has 1 N–H and O–H groups in total. The average molecular weight is 342 g/mol. The summed E-state index contributed by atoms with van der Waals surface area (Å²) in [5, 5.41) is 2.97. The molecule has 0 bridgehead atoms. The van der Waals surface area contributed by atoms with Gasteiger partial charge in [0.15, 0.2) is 0 Å². The molecule has 0 spiro atoms. The van der Waals surface area contributed by atoms with Crippen molar-refractivity contribution < 1.29 is 14.3 Å². The predicted molar refractivity (Wildman–Crippen MR) is 98.5 cm³/mol. The van der Waals surface area contributed by atoms with Gasteiger partial charge in [0.05, 0.1) is 5.41 Å². The fourth-order valence-corrected chi connectivity index (χ4v) is 3.22. The Morgan fingerprint density at radius 1 is 1.28 bits per heavy atom. The van der Waals surface area contributed by atoms with Crippen LogP contribution >= 0.6 is 0 Å². The van der Waals surface area contributed by atoms with Gasteiger partial charge in [0.2, 0.25) is 5.91 Å². The normalized spacial score (nSPS) is 19.2. The van der Waals surface area contributed by atoms with Gasteiger partial charge in [0, 0.05) is 18.8 Å². The van der Waals surface area contributed by atoms with Gasteiger partial charge in [0.1, 0.15) is 5.60 Å². The van der Waals surface area contributed by atoms with Crippen molar-refractivity contribution in [2.75, 3.05) is 18.4 Å². The van der Waals surface area contributed by atoms with Crippen molar-refractivity contribution >= 4 is 23.3 Å². The summed E-state index contributed by atoms with van der Waals surface area (Å²) in [6.45, 7) is 10.7. The molecule has 0 aliphatic carbocycles. The molecule has 1 aromatic rings. The number of fused-ring (bicyclic) bond motifs is 1. The standard InChI is InChI=1S/C20H26N2O3/c1-19(2,3)25-18(24)22-10-8-13(9-11-22)14-6-7-15-16(12-14)21-17(23)20(15,4)5/h6-8,12H,9-11H2,1-5H3,(H,21,23). The first-order valence-electron chi connectivity index (χ1n) is 8.71. The third-order valence-electron chi connectivity index (χ3n) is 4.74. The molecule has 5 nitrogen and oxygen atoms in total. The molecule has 25 heavy (non-hydrogen) atoms. The highest BCUT2D eigenvalue weighted by Gasteiger charge is 2.38. The van der Waals surface area contributed by atoms with Gasteiger partial charge in [-0.1, -0.05) is 18.2 Å². The van der Waals surface area contributed by atoms with E-state index in [9.17, 15) is 9.59 Å². The average Bonchev–Trinajstić information content (AvgIpc) is 2.75. The van der Waals surface area contributed by atoms with Crippen molar-refractivity contribution in [2.45, 2.75) is 52.1 Å². The van der Waals surface area contributed by atoms with Crippen LogP contribution in [-0.4, -0.2) is 35.6 Å². The van der Waals surface area contributed by atoms with Crippen molar-refractivity contribution in [3.05, 3.63) is 35.4 Å². The first-order chi connectivity index (χ1) is 11.6. The van der Waals surface area contributed by atoms with Crippen LogP contribution in [0.25, 0.3) is 5.57 Å². The van der Waals surface area contributed by atoms with Gasteiger partial charge >= 0.3 is 6.09 Å². The second-order valence-corrected chi connectivity index (χ2v) is 8.25. The van der Waals surface area contributed by atoms with Crippen molar-refractivity contribution in [3.8, 4) is 0 Å².